The molecule has 0 amide bonds. The molecule has 1 N–H and O–H groups in total. The van der Waals surface area contributed by atoms with Crippen LogP contribution in [-0.4, -0.2) is 26.3 Å². The van der Waals surface area contributed by atoms with Crippen LogP contribution in [0.1, 0.15) is 26.2 Å². The summed E-state index contributed by atoms with van der Waals surface area (Å²) >= 11 is 0. The Labute approximate surface area is 76.0 Å². The minimum atomic E-state index is 0.565. The van der Waals surface area contributed by atoms with Crippen molar-refractivity contribution in [2.45, 2.75) is 32.2 Å². The second kappa shape index (κ2) is 8.75. The molecule has 72 valence electrons. The normalized spacial score (nSPS) is 12.8. The highest BCUT2D eigenvalue weighted by Crippen LogP contribution is 1.92. The van der Waals surface area contributed by atoms with Gasteiger partial charge in [-0.05, 0) is 32.7 Å². The van der Waals surface area contributed by atoms with Gasteiger partial charge in [0, 0.05) is 19.8 Å². The number of rotatable bonds is 8. The fourth-order valence-electron chi connectivity index (χ4n) is 0.992. The van der Waals surface area contributed by atoms with E-state index in [1.54, 1.807) is 7.11 Å². The zero-order chi connectivity index (χ0) is 9.23. The van der Waals surface area contributed by atoms with Gasteiger partial charge in [-0.15, -0.1) is 6.58 Å². The molecule has 0 rings (SSSR count). The van der Waals surface area contributed by atoms with Crippen LogP contribution in [0, 0.1) is 0 Å². The van der Waals surface area contributed by atoms with Gasteiger partial charge < -0.3 is 10.1 Å². The molecule has 0 fully saturated rings. The maximum atomic E-state index is 4.98. The molecule has 0 aromatic rings. The Morgan fingerprint density at radius 2 is 2.33 bits per heavy atom. The van der Waals surface area contributed by atoms with E-state index in [1.807, 2.05) is 6.08 Å². The van der Waals surface area contributed by atoms with Crippen LogP contribution in [-0.2, 0) is 4.74 Å². The van der Waals surface area contributed by atoms with Gasteiger partial charge >= 0.3 is 0 Å². The highest BCUT2D eigenvalue weighted by atomic mass is 16.5. The van der Waals surface area contributed by atoms with E-state index < -0.39 is 0 Å². The van der Waals surface area contributed by atoms with E-state index >= 15 is 0 Å². The zero-order valence-electron chi connectivity index (χ0n) is 8.31. The predicted molar refractivity (Wildman–Crippen MR) is 53.4 cm³/mol. The Balaban J connectivity index is 3.07. The van der Waals surface area contributed by atoms with Crippen LogP contribution in [0.4, 0.5) is 0 Å². The molecule has 1 atom stereocenters. The van der Waals surface area contributed by atoms with E-state index in [4.69, 9.17) is 4.74 Å². The highest BCUT2D eigenvalue weighted by molar-refractivity contribution is 4.67. The number of ether oxygens (including phenoxy) is 1. The number of hydrogen-bond acceptors (Lipinski definition) is 2. The van der Waals surface area contributed by atoms with Gasteiger partial charge in [-0.1, -0.05) is 6.08 Å². The maximum Gasteiger partial charge on any atom is 0.0476 e. The monoisotopic (exact) mass is 171 g/mol. The van der Waals surface area contributed by atoms with Crippen LogP contribution < -0.4 is 5.32 Å². The van der Waals surface area contributed by atoms with Crippen molar-refractivity contribution in [3.8, 4) is 0 Å². The Morgan fingerprint density at radius 3 is 2.92 bits per heavy atom. The Bertz CT molecular complexity index is 104. The standard InChI is InChI=1S/C10H21NO/c1-4-5-6-8-11-10(2)7-9-12-3/h4,10-11H,1,5-9H2,2-3H3. The second-order valence-corrected chi connectivity index (χ2v) is 3.07. The predicted octanol–water partition coefficient (Wildman–Crippen LogP) is 1.97. The highest BCUT2D eigenvalue weighted by Gasteiger charge is 1.98. The topological polar surface area (TPSA) is 21.3 Å². The Hall–Kier alpha value is -0.340. The third-order valence-corrected chi connectivity index (χ3v) is 1.83. The molecule has 2 heteroatoms. The van der Waals surface area contributed by atoms with Crippen molar-refractivity contribution in [2.24, 2.45) is 0 Å². The first-order valence-corrected chi connectivity index (χ1v) is 4.64. The van der Waals surface area contributed by atoms with E-state index in [1.165, 1.54) is 6.42 Å². The summed E-state index contributed by atoms with van der Waals surface area (Å²) in [6.45, 7) is 7.79. The van der Waals surface area contributed by atoms with Crippen molar-refractivity contribution in [2.75, 3.05) is 20.3 Å². The number of unbranched alkanes of at least 4 members (excludes halogenated alkanes) is 1. The zero-order valence-corrected chi connectivity index (χ0v) is 8.31. The van der Waals surface area contributed by atoms with Gasteiger partial charge in [0.25, 0.3) is 0 Å². The van der Waals surface area contributed by atoms with Crippen molar-refractivity contribution in [1.29, 1.82) is 0 Å². The van der Waals surface area contributed by atoms with Crippen LogP contribution in [0.5, 0.6) is 0 Å². The average Bonchev–Trinajstić information content (AvgIpc) is 2.09. The molecular formula is C10H21NO. The van der Waals surface area contributed by atoms with Gasteiger partial charge in [0.1, 0.15) is 0 Å². The molecule has 0 spiro atoms. The molecule has 0 saturated heterocycles. The first kappa shape index (κ1) is 11.7. The number of allylic oxidation sites excluding steroid dienone is 1. The van der Waals surface area contributed by atoms with E-state index in [9.17, 15) is 0 Å². The summed E-state index contributed by atoms with van der Waals surface area (Å²) in [7, 11) is 1.74. The lowest BCUT2D eigenvalue weighted by molar-refractivity contribution is 0.185. The molecule has 0 bridgehead atoms. The minimum Gasteiger partial charge on any atom is -0.385 e. The fraction of sp³-hybridized carbons (Fsp3) is 0.800. The molecule has 0 aliphatic carbocycles. The molecule has 1 unspecified atom stereocenters. The first-order chi connectivity index (χ1) is 5.81. The second-order valence-electron chi connectivity index (χ2n) is 3.07. The lowest BCUT2D eigenvalue weighted by Crippen LogP contribution is -2.27. The molecule has 0 heterocycles. The third kappa shape index (κ3) is 7.76. The summed E-state index contributed by atoms with van der Waals surface area (Å²) in [5.41, 5.74) is 0. The molecular weight excluding hydrogens is 150 g/mol. The van der Waals surface area contributed by atoms with Crippen LogP contribution in [0.25, 0.3) is 0 Å². The lowest BCUT2D eigenvalue weighted by Gasteiger charge is -2.12. The van der Waals surface area contributed by atoms with Crippen LogP contribution >= 0.6 is 0 Å². The molecule has 0 aliphatic rings. The molecule has 0 saturated carbocycles. The van der Waals surface area contributed by atoms with Crippen molar-refractivity contribution in [1.82, 2.24) is 5.32 Å². The molecule has 0 aromatic carbocycles. The van der Waals surface area contributed by atoms with E-state index in [0.717, 1.165) is 26.0 Å². The minimum absolute atomic E-state index is 0.565. The fourth-order valence-corrected chi connectivity index (χ4v) is 0.992. The number of methoxy groups -OCH3 is 1. The van der Waals surface area contributed by atoms with Gasteiger partial charge in [-0.2, -0.15) is 0 Å². The van der Waals surface area contributed by atoms with E-state index in [0.29, 0.717) is 6.04 Å². The number of hydrogen-bond donors (Lipinski definition) is 1. The largest absolute Gasteiger partial charge is 0.385 e. The van der Waals surface area contributed by atoms with Crippen molar-refractivity contribution < 1.29 is 4.74 Å². The average molecular weight is 171 g/mol. The SMILES string of the molecule is C=CCCCNC(C)CCOC. The van der Waals surface area contributed by atoms with Crippen LogP contribution in [0.15, 0.2) is 12.7 Å². The van der Waals surface area contributed by atoms with Crippen LogP contribution in [0.3, 0.4) is 0 Å². The van der Waals surface area contributed by atoms with Crippen molar-refractivity contribution in [3.63, 3.8) is 0 Å². The molecule has 12 heavy (non-hydrogen) atoms. The summed E-state index contributed by atoms with van der Waals surface area (Å²) < 4.78 is 4.98. The smallest absolute Gasteiger partial charge is 0.0476 e. The van der Waals surface area contributed by atoms with Gasteiger partial charge in [0.05, 0.1) is 0 Å². The summed E-state index contributed by atoms with van der Waals surface area (Å²) in [6.07, 6.45) is 5.33. The summed E-state index contributed by atoms with van der Waals surface area (Å²) in [5.74, 6) is 0. The van der Waals surface area contributed by atoms with Crippen LogP contribution in [0.2, 0.25) is 0 Å². The summed E-state index contributed by atoms with van der Waals surface area (Å²) in [5, 5.41) is 3.42. The molecule has 0 aliphatic heterocycles. The first-order valence-electron chi connectivity index (χ1n) is 4.64. The number of nitrogens with one attached hydrogen (secondary N) is 1. The van der Waals surface area contributed by atoms with Gasteiger partial charge in [-0.25, -0.2) is 0 Å². The summed E-state index contributed by atoms with van der Waals surface area (Å²) in [6, 6.07) is 0.565. The molecule has 0 aromatic heterocycles. The van der Waals surface area contributed by atoms with E-state index in [-0.39, 0.29) is 0 Å². The van der Waals surface area contributed by atoms with Gasteiger partial charge in [0.15, 0.2) is 0 Å². The van der Waals surface area contributed by atoms with E-state index in [2.05, 4.69) is 18.8 Å². The lowest BCUT2D eigenvalue weighted by atomic mass is 10.2. The quantitative estimate of drug-likeness (QED) is 0.445. The maximum absolute atomic E-state index is 4.98. The Kier molecular flexibility index (Phi) is 8.51. The summed E-state index contributed by atoms with van der Waals surface area (Å²) in [4.78, 5) is 0. The van der Waals surface area contributed by atoms with Gasteiger partial charge in [0.2, 0.25) is 0 Å². The van der Waals surface area contributed by atoms with Gasteiger partial charge in [-0.3, -0.25) is 0 Å². The van der Waals surface area contributed by atoms with Crippen molar-refractivity contribution in [3.05, 3.63) is 12.7 Å². The van der Waals surface area contributed by atoms with Crippen molar-refractivity contribution >= 4 is 0 Å². The molecule has 0 radical (unpaired) electrons. The Morgan fingerprint density at radius 1 is 1.58 bits per heavy atom. The third-order valence-electron chi connectivity index (χ3n) is 1.83. The molecule has 2 nitrogen and oxygen atoms in total.